The highest BCUT2D eigenvalue weighted by Crippen LogP contribution is 2.60. The lowest BCUT2D eigenvalue weighted by Gasteiger charge is -1.95. The molecule has 7 heteroatoms. The minimum absolute atomic E-state index is 0.725. The summed E-state index contributed by atoms with van der Waals surface area (Å²) in [5, 5.41) is 0. The van der Waals surface area contributed by atoms with Crippen molar-refractivity contribution in [1.29, 1.82) is 0 Å². The van der Waals surface area contributed by atoms with Crippen LogP contribution < -0.4 is 9.05 Å². The van der Waals surface area contributed by atoms with Crippen molar-refractivity contribution < 1.29 is 26.6 Å². The van der Waals surface area contributed by atoms with Crippen LogP contribution in [-0.4, -0.2) is 0 Å². The highest BCUT2D eigenvalue weighted by molar-refractivity contribution is 7.49. The second kappa shape index (κ2) is 2.42. The first-order valence-electron chi connectivity index (χ1n) is 3.16. The molecule has 3 nitrogen and oxygen atoms in total. The van der Waals surface area contributed by atoms with Crippen LogP contribution in [0.15, 0.2) is 12.1 Å². The molecule has 0 N–H and O–H groups in total. The third-order valence-corrected chi connectivity index (χ3v) is 2.22. The van der Waals surface area contributed by atoms with Crippen LogP contribution in [0.4, 0.5) is 13.0 Å². The number of halogens is 3. The predicted molar refractivity (Wildman–Crippen MR) is 36.3 cm³/mol. The molecule has 0 atom stereocenters. The van der Waals surface area contributed by atoms with Crippen molar-refractivity contribution in [2.75, 3.05) is 0 Å². The molecule has 0 saturated carbocycles. The number of benzene rings is 1. The highest BCUT2D eigenvalue weighted by atomic mass is 31.2. The number of hydrogen-bond acceptors (Lipinski definition) is 3. The summed E-state index contributed by atoms with van der Waals surface area (Å²) in [6.45, 7) is 0. The molecule has 13 heavy (non-hydrogen) atoms. The molecule has 2 rings (SSSR count). The molecular formula is C6H2F3O3P. The number of fused-ring (bicyclic) bond motifs is 1. The fraction of sp³-hybridized carbons (Fsp3) is 0. The molecule has 0 bridgehead atoms. The van der Waals surface area contributed by atoms with Gasteiger partial charge in [-0.15, -0.1) is 4.20 Å². The van der Waals surface area contributed by atoms with E-state index in [1.807, 2.05) is 0 Å². The standard InChI is InChI=1S/C6H2F3O3P/c7-3-1-2-4(8)6-5(3)11-13(9,10)12-6/h1-2H. The van der Waals surface area contributed by atoms with Crippen molar-refractivity contribution in [3.8, 4) is 11.5 Å². The Morgan fingerprint density at radius 1 is 1.08 bits per heavy atom. The fourth-order valence-electron chi connectivity index (χ4n) is 0.921. The molecule has 1 aromatic carbocycles. The van der Waals surface area contributed by atoms with Crippen molar-refractivity contribution in [2.45, 2.75) is 0 Å². The second-order valence-corrected chi connectivity index (χ2v) is 3.53. The van der Waals surface area contributed by atoms with Gasteiger partial charge < -0.3 is 9.05 Å². The molecular weight excluding hydrogens is 208 g/mol. The lowest BCUT2D eigenvalue weighted by molar-refractivity contribution is 0.370. The normalized spacial score (nSPS) is 17.5. The average Bonchev–Trinajstić information content (AvgIpc) is 2.35. The van der Waals surface area contributed by atoms with Crippen molar-refractivity contribution in [3.63, 3.8) is 0 Å². The Morgan fingerprint density at radius 2 is 1.46 bits per heavy atom. The summed E-state index contributed by atoms with van der Waals surface area (Å²) in [5.74, 6) is -3.62. The van der Waals surface area contributed by atoms with Crippen LogP contribution in [-0.2, 0) is 4.57 Å². The van der Waals surface area contributed by atoms with Gasteiger partial charge in [-0.2, -0.15) is 0 Å². The van der Waals surface area contributed by atoms with Crippen LogP contribution in [0.2, 0.25) is 0 Å². The molecule has 0 spiro atoms. The quantitative estimate of drug-likeness (QED) is 0.617. The van der Waals surface area contributed by atoms with Crippen molar-refractivity contribution in [2.24, 2.45) is 0 Å². The maximum absolute atomic E-state index is 12.8. The third kappa shape index (κ3) is 1.27. The van der Waals surface area contributed by atoms with Gasteiger partial charge in [0.05, 0.1) is 0 Å². The van der Waals surface area contributed by atoms with Gasteiger partial charge in [-0.3, -0.25) is 0 Å². The largest absolute Gasteiger partial charge is 0.629 e. The van der Waals surface area contributed by atoms with E-state index in [0.717, 1.165) is 12.1 Å². The van der Waals surface area contributed by atoms with Crippen molar-refractivity contribution in [1.82, 2.24) is 0 Å². The van der Waals surface area contributed by atoms with Gasteiger partial charge in [0.1, 0.15) is 0 Å². The zero-order valence-electron chi connectivity index (χ0n) is 5.96. The Labute approximate surface area is 70.7 Å². The average molecular weight is 210 g/mol. The molecule has 0 radical (unpaired) electrons. The van der Waals surface area contributed by atoms with E-state index < -0.39 is 31.0 Å². The fourth-order valence-corrected chi connectivity index (χ4v) is 1.74. The molecule has 1 aliphatic heterocycles. The van der Waals surface area contributed by atoms with E-state index in [4.69, 9.17) is 0 Å². The Morgan fingerprint density at radius 3 is 1.85 bits per heavy atom. The Kier molecular flexibility index (Phi) is 1.57. The molecule has 0 saturated heterocycles. The second-order valence-electron chi connectivity index (χ2n) is 2.30. The van der Waals surface area contributed by atoms with E-state index in [1.54, 1.807) is 0 Å². The first-order valence-corrected chi connectivity index (χ1v) is 4.60. The van der Waals surface area contributed by atoms with Crippen molar-refractivity contribution >= 4 is 7.91 Å². The molecule has 1 heterocycles. The van der Waals surface area contributed by atoms with E-state index in [2.05, 4.69) is 9.05 Å². The summed E-state index contributed by atoms with van der Waals surface area (Å²) in [4.78, 5) is 0. The predicted octanol–water partition coefficient (Wildman–Crippen LogP) is 2.81. The van der Waals surface area contributed by atoms with Crippen LogP contribution >= 0.6 is 7.91 Å². The van der Waals surface area contributed by atoms with E-state index in [1.165, 1.54) is 0 Å². The van der Waals surface area contributed by atoms with Crippen LogP contribution in [0.3, 0.4) is 0 Å². The maximum atomic E-state index is 12.8. The molecule has 0 aromatic heterocycles. The summed E-state index contributed by atoms with van der Waals surface area (Å²) in [6.07, 6.45) is 0. The lowest BCUT2D eigenvalue weighted by atomic mass is 10.3. The van der Waals surface area contributed by atoms with Crippen LogP contribution in [0.5, 0.6) is 11.5 Å². The molecule has 0 aliphatic carbocycles. The topological polar surface area (TPSA) is 35.5 Å². The summed E-state index contributed by atoms with van der Waals surface area (Å²) in [7, 11) is -4.86. The molecule has 1 aromatic rings. The highest BCUT2D eigenvalue weighted by Gasteiger charge is 2.41. The van der Waals surface area contributed by atoms with Gasteiger partial charge in [0.25, 0.3) is 0 Å². The van der Waals surface area contributed by atoms with Crippen LogP contribution in [0, 0.1) is 11.6 Å². The van der Waals surface area contributed by atoms with Gasteiger partial charge in [-0.1, -0.05) is 0 Å². The zero-order valence-corrected chi connectivity index (χ0v) is 6.85. The Bertz CT molecular complexity index is 385. The van der Waals surface area contributed by atoms with Crippen molar-refractivity contribution in [3.05, 3.63) is 23.8 Å². The van der Waals surface area contributed by atoms with Gasteiger partial charge in [-0.25, -0.2) is 13.3 Å². The minimum atomic E-state index is -4.86. The van der Waals surface area contributed by atoms with Gasteiger partial charge >= 0.3 is 7.91 Å². The Balaban J connectivity index is 2.62. The van der Waals surface area contributed by atoms with E-state index >= 15 is 0 Å². The number of rotatable bonds is 0. The summed E-state index contributed by atoms with van der Waals surface area (Å²) in [5.41, 5.74) is 0. The molecule has 0 amide bonds. The Hall–Kier alpha value is -1.16. The maximum Gasteiger partial charge on any atom is 0.629 e. The summed E-state index contributed by atoms with van der Waals surface area (Å²) < 4.78 is 56.5. The molecule has 1 aliphatic rings. The smallest absolute Gasteiger partial charge is 0.385 e. The minimum Gasteiger partial charge on any atom is -0.385 e. The van der Waals surface area contributed by atoms with E-state index in [-0.39, 0.29) is 0 Å². The van der Waals surface area contributed by atoms with Gasteiger partial charge in [0.15, 0.2) is 11.6 Å². The SMILES string of the molecule is O=P1(F)Oc2c(F)ccc(F)c2O1. The number of hydrogen-bond donors (Lipinski definition) is 0. The van der Waals surface area contributed by atoms with Gasteiger partial charge in [-0.05, 0) is 12.1 Å². The third-order valence-electron chi connectivity index (χ3n) is 1.42. The zero-order chi connectivity index (χ0) is 9.64. The van der Waals surface area contributed by atoms with E-state index in [9.17, 15) is 17.5 Å². The van der Waals surface area contributed by atoms with Gasteiger partial charge in [0, 0.05) is 0 Å². The monoisotopic (exact) mass is 210 g/mol. The lowest BCUT2D eigenvalue weighted by Crippen LogP contribution is -1.83. The van der Waals surface area contributed by atoms with Gasteiger partial charge in [0.2, 0.25) is 11.5 Å². The van der Waals surface area contributed by atoms with E-state index in [0.29, 0.717) is 0 Å². The molecule has 70 valence electrons. The molecule has 0 unspecified atom stereocenters. The molecule has 0 fully saturated rings. The van der Waals surface area contributed by atoms with Crippen LogP contribution in [0.25, 0.3) is 0 Å². The summed E-state index contributed by atoms with van der Waals surface area (Å²) >= 11 is 0. The van der Waals surface area contributed by atoms with Crippen LogP contribution in [0.1, 0.15) is 0 Å². The first kappa shape index (κ1) is 8.44. The first-order chi connectivity index (χ1) is 5.99. The summed E-state index contributed by atoms with van der Waals surface area (Å²) in [6, 6.07) is 1.45.